The van der Waals surface area contributed by atoms with E-state index in [1.807, 2.05) is 0 Å². The summed E-state index contributed by atoms with van der Waals surface area (Å²) in [6.07, 6.45) is -0.301. The first-order chi connectivity index (χ1) is 21.1. The van der Waals surface area contributed by atoms with Gasteiger partial charge < -0.3 is 20.5 Å². The molecule has 1 aromatic heterocycles. The number of benzene rings is 2. The number of pyridine rings is 1. The number of alkyl halides is 3. The summed E-state index contributed by atoms with van der Waals surface area (Å²) in [6.45, 7) is 6.22. The number of hydrogen-bond donors (Lipinski definition) is 3. The highest BCUT2D eigenvalue weighted by molar-refractivity contribution is 7.89. The first kappa shape index (κ1) is 34.0. The van der Waals surface area contributed by atoms with Crippen molar-refractivity contribution in [1.29, 1.82) is 0 Å². The van der Waals surface area contributed by atoms with Gasteiger partial charge in [0.05, 0.1) is 22.8 Å². The number of hydrogen-bond acceptors (Lipinski definition) is 8. The molecule has 9 nitrogen and oxygen atoms in total. The fourth-order valence-electron chi connectivity index (χ4n) is 4.83. The summed E-state index contributed by atoms with van der Waals surface area (Å²) in [5, 5.41) is 3.34. The summed E-state index contributed by atoms with van der Waals surface area (Å²) in [5.41, 5.74) is 7.20. The number of unbranched alkanes of at least 4 members (excludes halogenated alkanes) is 1. The van der Waals surface area contributed by atoms with Gasteiger partial charge in [0.2, 0.25) is 10.0 Å². The minimum Gasteiger partial charge on any atom is -0.491 e. The molecule has 244 valence electrons. The van der Waals surface area contributed by atoms with Crippen molar-refractivity contribution in [2.24, 2.45) is 0 Å². The second-order valence-electron chi connectivity index (χ2n) is 12.0. The summed E-state index contributed by atoms with van der Waals surface area (Å²) in [6, 6.07) is 10.9. The third kappa shape index (κ3) is 9.82. The van der Waals surface area contributed by atoms with Gasteiger partial charge in [0.1, 0.15) is 23.2 Å². The minimum atomic E-state index is -4.74. The monoisotopic (exact) mass is 648 g/mol. The molecule has 0 amide bonds. The topological polar surface area (TPSA) is 133 Å². The molecule has 4 N–H and O–H groups in total. The van der Waals surface area contributed by atoms with Gasteiger partial charge in [-0.25, -0.2) is 13.4 Å². The molecule has 0 saturated carbocycles. The Morgan fingerprint density at radius 1 is 1.09 bits per heavy atom. The Bertz CT molecular complexity index is 1610. The highest BCUT2D eigenvalue weighted by Gasteiger charge is 2.34. The zero-order chi connectivity index (χ0) is 32.8. The van der Waals surface area contributed by atoms with E-state index < -0.39 is 44.3 Å². The Morgan fingerprint density at radius 3 is 2.58 bits per heavy atom. The lowest BCUT2D eigenvalue weighted by molar-refractivity contribution is -0.156. The number of fused-ring (bicyclic) bond motifs is 1. The molecule has 1 aliphatic rings. The first-order valence-corrected chi connectivity index (χ1v) is 16.3. The molecular formula is C32H39F3N4O5S. The van der Waals surface area contributed by atoms with E-state index in [9.17, 15) is 26.4 Å². The highest BCUT2D eigenvalue weighted by atomic mass is 32.2. The Morgan fingerprint density at radius 2 is 1.87 bits per heavy atom. The molecule has 2 heterocycles. The number of rotatable bonds is 12. The smallest absolute Gasteiger partial charge is 0.416 e. The third-order valence-corrected chi connectivity index (χ3v) is 8.48. The van der Waals surface area contributed by atoms with Gasteiger partial charge in [-0.2, -0.15) is 17.9 Å². The molecule has 0 bridgehead atoms. The molecule has 13 heteroatoms. The number of nitrogen functional groups attached to an aromatic ring is 1. The summed E-state index contributed by atoms with van der Waals surface area (Å²) in [5.74, 6) is 0.523. The molecule has 1 atom stereocenters. The number of carbonyl (C=O) groups is 1. The summed E-state index contributed by atoms with van der Waals surface area (Å²) >= 11 is 0. The largest absolute Gasteiger partial charge is 0.491 e. The van der Waals surface area contributed by atoms with Gasteiger partial charge in [0, 0.05) is 12.2 Å². The molecule has 0 spiro atoms. The van der Waals surface area contributed by atoms with Gasteiger partial charge in [-0.15, -0.1) is 0 Å². The lowest BCUT2D eigenvalue weighted by Gasteiger charge is -2.25. The van der Waals surface area contributed by atoms with Crippen LogP contribution in [0.15, 0.2) is 59.5 Å². The van der Waals surface area contributed by atoms with Crippen molar-refractivity contribution in [2.45, 2.75) is 82.0 Å². The molecule has 0 saturated heterocycles. The summed E-state index contributed by atoms with van der Waals surface area (Å²) < 4.78 is 79.3. The van der Waals surface area contributed by atoms with E-state index in [2.05, 4.69) is 22.2 Å². The lowest BCUT2D eigenvalue weighted by atomic mass is 10.1. The number of anilines is 2. The number of aryl methyl sites for hydroxylation is 2. The maximum Gasteiger partial charge on any atom is 0.416 e. The molecule has 45 heavy (non-hydrogen) atoms. The van der Waals surface area contributed by atoms with E-state index in [0.717, 1.165) is 68.4 Å². The standard InChI is InChI=1S/C32H39F3N4O5S/c1-31(2,3)44-30(40)27(39-45(41,42)25-11-6-9-23(20-25)32(33,34)35)19-21-12-15-28(26(36)18-21)43-17-5-4-10-24-14-13-22-8-7-16-37-29(22)38-24/h6,9,11-15,18,20,27,39H,4-5,7-8,10,16-17,19,36H2,1-3H3,(H,37,38)/t27-/m0/s1. The molecule has 0 aliphatic carbocycles. The molecule has 0 fully saturated rings. The van der Waals surface area contributed by atoms with Crippen LogP contribution in [-0.2, 0) is 45.0 Å². The summed E-state index contributed by atoms with van der Waals surface area (Å²) in [7, 11) is -4.54. The van der Waals surface area contributed by atoms with Crippen LogP contribution in [0.25, 0.3) is 0 Å². The number of nitrogens with two attached hydrogens (primary N) is 1. The van der Waals surface area contributed by atoms with Crippen molar-refractivity contribution in [3.63, 3.8) is 0 Å². The van der Waals surface area contributed by atoms with Crippen LogP contribution in [0.4, 0.5) is 24.7 Å². The van der Waals surface area contributed by atoms with Crippen LogP contribution in [0.3, 0.4) is 0 Å². The number of halogens is 3. The van der Waals surface area contributed by atoms with Gasteiger partial charge in [0.25, 0.3) is 0 Å². The van der Waals surface area contributed by atoms with Gasteiger partial charge in [-0.1, -0.05) is 18.2 Å². The van der Waals surface area contributed by atoms with E-state index in [-0.39, 0.29) is 6.42 Å². The molecule has 1 aliphatic heterocycles. The average Bonchev–Trinajstić information content (AvgIpc) is 2.96. The minimum absolute atomic E-state index is 0.166. The molecule has 0 radical (unpaired) electrons. The molecule has 2 aromatic carbocycles. The number of nitrogens with zero attached hydrogens (tertiary/aromatic N) is 1. The van der Waals surface area contributed by atoms with Crippen LogP contribution in [0.2, 0.25) is 0 Å². The second kappa shape index (κ2) is 14.1. The SMILES string of the molecule is CC(C)(C)OC(=O)[C@H](Cc1ccc(OCCCCc2ccc3c(n2)NCCC3)c(N)c1)NS(=O)(=O)c1cccc(C(F)(F)F)c1. The number of nitrogens with one attached hydrogen (secondary N) is 2. The van der Waals surface area contributed by atoms with Crippen LogP contribution >= 0.6 is 0 Å². The van der Waals surface area contributed by atoms with Gasteiger partial charge >= 0.3 is 12.1 Å². The number of ether oxygens (including phenoxy) is 2. The maximum atomic E-state index is 13.2. The summed E-state index contributed by atoms with van der Waals surface area (Å²) in [4.78, 5) is 17.1. The Hall–Kier alpha value is -3.84. The molecule has 4 rings (SSSR count). The van der Waals surface area contributed by atoms with Gasteiger partial charge in [-0.05, 0) is 107 Å². The highest BCUT2D eigenvalue weighted by Crippen LogP contribution is 2.31. The number of carbonyl (C=O) groups excluding carboxylic acids is 1. The maximum absolute atomic E-state index is 13.2. The van der Waals surface area contributed by atoms with Crippen molar-refractivity contribution in [1.82, 2.24) is 9.71 Å². The predicted molar refractivity (Wildman–Crippen MR) is 165 cm³/mol. The van der Waals surface area contributed by atoms with E-state index in [1.165, 1.54) is 5.56 Å². The zero-order valence-electron chi connectivity index (χ0n) is 25.5. The normalized spacial score (nSPS) is 14.3. The van der Waals surface area contributed by atoms with Crippen molar-refractivity contribution in [3.05, 3.63) is 77.0 Å². The van der Waals surface area contributed by atoms with Crippen LogP contribution < -0.4 is 20.5 Å². The zero-order valence-corrected chi connectivity index (χ0v) is 26.4. The third-order valence-electron chi connectivity index (χ3n) is 7.01. The van der Waals surface area contributed by atoms with Gasteiger partial charge in [0.15, 0.2) is 0 Å². The van der Waals surface area contributed by atoms with Crippen LogP contribution in [-0.4, -0.2) is 44.2 Å². The second-order valence-corrected chi connectivity index (χ2v) is 13.7. The number of esters is 1. The van der Waals surface area contributed by atoms with Crippen LogP contribution in [0, 0.1) is 0 Å². The number of sulfonamides is 1. The molecule has 0 unspecified atom stereocenters. The average molecular weight is 649 g/mol. The predicted octanol–water partition coefficient (Wildman–Crippen LogP) is 5.67. The van der Waals surface area contributed by atoms with Crippen LogP contribution in [0.5, 0.6) is 5.75 Å². The Balaban J connectivity index is 1.38. The fourth-order valence-corrected chi connectivity index (χ4v) is 6.06. The van der Waals surface area contributed by atoms with Gasteiger partial charge in [-0.3, -0.25) is 4.79 Å². The van der Waals surface area contributed by atoms with Crippen molar-refractivity contribution < 1.29 is 35.9 Å². The lowest BCUT2D eigenvalue weighted by Crippen LogP contribution is -2.45. The van der Waals surface area contributed by atoms with Crippen LogP contribution in [0.1, 0.15) is 62.4 Å². The Kier molecular flexibility index (Phi) is 10.6. The quantitative estimate of drug-likeness (QED) is 0.130. The van der Waals surface area contributed by atoms with Crippen molar-refractivity contribution in [3.8, 4) is 5.75 Å². The first-order valence-electron chi connectivity index (χ1n) is 14.8. The fraction of sp³-hybridized carbons (Fsp3) is 0.438. The van der Waals surface area contributed by atoms with Crippen molar-refractivity contribution >= 4 is 27.5 Å². The molecular weight excluding hydrogens is 609 g/mol. The van der Waals surface area contributed by atoms with E-state index in [1.54, 1.807) is 39.0 Å². The van der Waals surface area contributed by atoms with E-state index >= 15 is 0 Å². The molecule has 3 aromatic rings. The van der Waals surface area contributed by atoms with Crippen molar-refractivity contribution in [2.75, 3.05) is 24.2 Å². The Labute approximate surface area is 261 Å². The van der Waals surface area contributed by atoms with E-state index in [0.29, 0.717) is 29.7 Å². The van der Waals surface area contributed by atoms with E-state index in [4.69, 9.17) is 20.2 Å². The number of aromatic nitrogens is 1.